The Hall–Kier alpha value is -2.36. The molecule has 0 bridgehead atoms. The molecule has 0 unspecified atom stereocenters. The van der Waals surface area contributed by atoms with Gasteiger partial charge in [0.25, 0.3) is 0 Å². The van der Waals surface area contributed by atoms with Gasteiger partial charge in [0.2, 0.25) is 0 Å². The summed E-state index contributed by atoms with van der Waals surface area (Å²) in [6, 6.07) is 6.42. The van der Waals surface area contributed by atoms with Crippen molar-refractivity contribution in [3.8, 4) is 5.75 Å². The van der Waals surface area contributed by atoms with Crippen molar-refractivity contribution >= 4 is 16.8 Å². The minimum atomic E-state index is -0.416. The van der Waals surface area contributed by atoms with Gasteiger partial charge in [-0.15, -0.1) is 0 Å². The summed E-state index contributed by atoms with van der Waals surface area (Å²) in [6.07, 6.45) is 0.216. The second-order valence-corrected chi connectivity index (χ2v) is 4.34. The Morgan fingerprint density at radius 3 is 2.74 bits per heavy atom. The number of rotatable bonds is 4. The molecule has 0 aliphatic carbocycles. The molecule has 0 amide bonds. The van der Waals surface area contributed by atoms with Gasteiger partial charge in [-0.25, -0.2) is 4.79 Å². The second-order valence-electron chi connectivity index (χ2n) is 4.34. The van der Waals surface area contributed by atoms with Gasteiger partial charge >= 0.3 is 5.63 Å². The molecule has 1 aromatic heterocycles. The molecule has 98 valence electrons. The van der Waals surface area contributed by atoms with Crippen molar-refractivity contribution in [3.05, 3.63) is 52.4 Å². The van der Waals surface area contributed by atoms with Gasteiger partial charge in [0.1, 0.15) is 11.3 Å². The lowest BCUT2D eigenvalue weighted by Crippen LogP contribution is -2.05. The van der Waals surface area contributed by atoms with Crippen LogP contribution in [0.4, 0.5) is 0 Å². The largest absolute Gasteiger partial charge is 0.496 e. The zero-order valence-electron chi connectivity index (χ0n) is 10.9. The number of allylic oxidation sites excluding steroid dienone is 1. The third-order valence-electron chi connectivity index (χ3n) is 2.85. The fourth-order valence-corrected chi connectivity index (χ4v) is 1.80. The van der Waals surface area contributed by atoms with Crippen molar-refractivity contribution in [2.24, 2.45) is 0 Å². The number of methoxy groups -OCH3 is 1. The number of ketones is 1. The van der Waals surface area contributed by atoms with Crippen LogP contribution in [0.5, 0.6) is 5.75 Å². The standard InChI is InChI=1S/C15H14O4/c1-9(2)12(16)7-11-6-10-4-5-15(17)19-14(10)8-13(11)18-3/h4-6,8H,1,7H2,2-3H3. The van der Waals surface area contributed by atoms with Gasteiger partial charge in [0.05, 0.1) is 7.11 Å². The van der Waals surface area contributed by atoms with Crippen LogP contribution in [0.2, 0.25) is 0 Å². The van der Waals surface area contributed by atoms with Crippen molar-refractivity contribution in [3.63, 3.8) is 0 Å². The Morgan fingerprint density at radius 2 is 2.11 bits per heavy atom. The molecular formula is C15H14O4. The molecule has 4 heteroatoms. The van der Waals surface area contributed by atoms with Gasteiger partial charge in [-0.3, -0.25) is 4.79 Å². The lowest BCUT2D eigenvalue weighted by atomic mass is 10.0. The molecule has 0 atom stereocenters. The molecule has 0 saturated carbocycles. The second kappa shape index (κ2) is 5.10. The van der Waals surface area contributed by atoms with Crippen LogP contribution in [0.15, 0.2) is 45.6 Å². The van der Waals surface area contributed by atoms with E-state index in [1.807, 2.05) is 0 Å². The molecule has 0 N–H and O–H groups in total. The molecule has 0 radical (unpaired) electrons. The summed E-state index contributed by atoms with van der Waals surface area (Å²) in [5.74, 6) is 0.478. The molecule has 1 aromatic carbocycles. The van der Waals surface area contributed by atoms with Gasteiger partial charge in [0, 0.05) is 29.5 Å². The predicted molar refractivity (Wildman–Crippen MR) is 72.6 cm³/mol. The first-order valence-corrected chi connectivity index (χ1v) is 5.80. The first-order valence-electron chi connectivity index (χ1n) is 5.80. The highest BCUT2D eigenvalue weighted by Crippen LogP contribution is 2.26. The number of benzene rings is 1. The van der Waals surface area contributed by atoms with Crippen molar-refractivity contribution in [1.82, 2.24) is 0 Å². The Labute approximate surface area is 110 Å². The number of hydrogen-bond donors (Lipinski definition) is 0. The Kier molecular flexibility index (Phi) is 3.51. The quantitative estimate of drug-likeness (QED) is 0.624. The van der Waals surface area contributed by atoms with E-state index in [0.29, 0.717) is 16.9 Å². The molecule has 2 aromatic rings. The van der Waals surface area contributed by atoms with Crippen molar-refractivity contribution < 1.29 is 13.9 Å². The SMILES string of the molecule is C=C(C)C(=O)Cc1cc2ccc(=O)oc2cc1OC. The van der Waals surface area contributed by atoms with Crippen LogP contribution in [-0.4, -0.2) is 12.9 Å². The van der Waals surface area contributed by atoms with Gasteiger partial charge in [-0.1, -0.05) is 6.58 Å². The molecule has 1 heterocycles. The van der Waals surface area contributed by atoms with Crippen LogP contribution < -0.4 is 10.4 Å². The molecule has 0 saturated heterocycles. The maximum Gasteiger partial charge on any atom is 0.336 e. The van der Waals surface area contributed by atoms with Gasteiger partial charge in [-0.05, 0) is 24.6 Å². The Morgan fingerprint density at radius 1 is 1.37 bits per heavy atom. The number of carbonyl (C=O) groups excluding carboxylic acids is 1. The minimum absolute atomic E-state index is 0.0463. The average Bonchev–Trinajstić information content (AvgIpc) is 2.38. The molecule has 0 aliphatic heterocycles. The lowest BCUT2D eigenvalue weighted by molar-refractivity contribution is -0.114. The maximum atomic E-state index is 11.7. The maximum absolute atomic E-state index is 11.7. The first-order chi connectivity index (χ1) is 9.01. The zero-order valence-corrected chi connectivity index (χ0v) is 10.9. The first kappa shape index (κ1) is 13.1. The van der Waals surface area contributed by atoms with E-state index in [9.17, 15) is 9.59 Å². The molecular weight excluding hydrogens is 244 g/mol. The van der Waals surface area contributed by atoms with Gasteiger partial charge in [0.15, 0.2) is 5.78 Å². The summed E-state index contributed by atoms with van der Waals surface area (Å²) in [5.41, 5.74) is 1.27. The normalized spacial score (nSPS) is 10.4. The van der Waals surface area contributed by atoms with E-state index in [-0.39, 0.29) is 12.2 Å². The summed E-state index contributed by atoms with van der Waals surface area (Å²) < 4.78 is 10.3. The minimum Gasteiger partial charge on any atom is -0.496 e. The topological polar surface area (TPSA) is 56.5 Å². The molecule has 19 heavy (non-hydrogen) atoms. The molecule has 4 nitrogen and oxygen atoms in total. The predicted octanol–water partition coefficient (Wildman–Crippen LogP) is 2.49. The third-order valence-corrected chi connectivity index (χ3v) is 2.85. The van der Waals surface area contributed by atoms with Crippen LogP contribution in [0, 0.1) is 0 Å². The van der Waals surface area contributed by atoms with Crippen molar-refractivity contribution in [2.75, 3.05) is 7.11 Å². The number of ether oxygens (including phenoxy) is 1. The van der Waals surface area contributed by atoms with E-state index in [2.05, 4.69) is 6.58 Å². The van der Waals surface area contributed by atoms with E-state index in [0.717, 1.165) is 10.9 Å². The van der Waals surface area contributed by atoms with Crippen LogP contribution in [0.3, 0.4) is 0 Å². The van der Waals surface area contributed by atoms with Gasteiger partial charge < -0.3 is 9.15 Å². The lowest BCUT2D eigenvalue weighted by Gasteiger charge is -2.09. The molecule has 2 rings (SSSR count). The number of hydrogen-bond acceptors (Lipinski definition) is 4. The van der Waals surface area contributed by atoms with Gasteiger partial charge in [-0.2, -0.15) is 0 Å². The van der Waals surface area contributed by atoms with E-state index in [1.54, 1.807) is 25.1 Å². The molecule has 0 fully saturated rings. The fraction of sp³-hybridized carbons (Fsp3) is 0.200. The fourth-order valence-electron chi connectivity index (χ4n) is 1.80. The van der Waals surface area contributed by atoms with Crippen LogP contribution in [0.25, 0.3) is 11.0 Å². The van der Waals surface area contributed by atoms with Crippen molar-refractivity contribution in [2.45, 2.75) is 13.3 Å². The van der Waals surface area contributed by atoms with Crippen LogP contribution in [-0.2, 0) is 11.2 Å². The smallest absolute Gasteiger partial charge is 0.336 e. The summed E-state index contributed by atoms with van der Waals surface area (Å²) in [7, 11) is 1.51. The third kappa shape index (κ3) is 2.73. The number of fused-ring (bicyclic) bond motifs is 1. The van der Waals surface area contributed by atoms with Crippen LogP contribution in [0.1, 0.15) is 12.5 Å². The number of carbonyl (C=O) groups is 1. The highest BCUT2D eigenvalue weighted by molar-refractivity contribution is 5.96. The van der Waals surface area contributed by atoms with Crippen molar-refractivity contribution in [1.29, 1.82) is 0 Å². The van der Waals surface area contributed by atoms with E-state index >= 15 is 0 Å². The zero-order chi connectivity index (χ0) is 14.0. The summed E-state index contributed by atoms with van der Waals surface area (Å²) in [5, 5.41) is 0.755. The molecule has 0 aliphatic rings. The average molecular weight is 258 g/mol. The monoisotopic (exact) mass is 258 g/mol. The molecule has 0 spiro atoms. The Balaban J connectivity index is 2.54. The summed E-state index contributed by atoms with van der Waals surface area (Å²) in [6.45, 7) is 5.31. The Bertz CT molecular complexity index is 710. The van der Waals surface area contributed by atoms with Crippen LogP contribution >= 0.6 is 0 Å². The van der Waals surface area contributed by atoms with E-state index in [4.69, 9.17) is 9.15 Å². The summed E-state index contributed by atoms with van der Waals surface area (Å²) in [4.78, 5) is 22.9. The highest BCUT2D eigenvalue weighted by atomic mass is 16.5. The highest BCUT2D eigenvalue weighted by Gasteiger charge is 2.12. The number of Topliss-reactive ketones (excluding diaryl/α,β-unsaturated/α-hetero) is 1. The van der Waals surface area contributed by atoms with E-state index < -0.39 is 5.63 Å². The summed E-state index contributed by atoms with van der Waals surface area (Å²) >= 11 is 0. The van der Waals surface area contributed by atoms with E-state index in [1.165, 1.54) is 13.2 Å².